The maximum Gasteiger partial charge on any atom is 0.141 e. The molecule has 0 unspecified atom stereocenters. The molecule has 128 valence electrons. The molecule has 5 heteroatoms. The van der Waals surface area contributed by atoms with Crippen LogP contribution < -0.4 is 4.72 Å². The molecule has 0 radical (unpaired) electrons. The van der Waals surface area contributed by atoms with Gasteiger partial charge in [-0.2, -0.15) is 0 Å². The SMILES string of the molecule is Fc1ccc(-c2ccccc2)cc1-c1ncc(NSc2ccccc2)[nH]1. The van der Waals surface area contributed by atoms with E-state index in [9.17, 15) is 4.39 Å². The predicted octanol–water partition coefficient (Wildman–Crippen LogP) is 6.00. The highest BCUT2D eigenvalue weighted by atomic mass is 32.2. The smallest absolute Gasteiger partial charge is 0.141 e. The molecular formula is C21H16FN3S. The molecule has 1 aromatic heterocycles. The van der Waals surface area contributed by atoms with E-state index in [1.807, 2.05) is 66.7 Å². The van der Waals surface area contributed by atoms with Crippen LogP contribution in [0.4, 0.5) is 10.2 Å². The second-order valence-corrected chi connectivity index (χ2v) is 6.60. The van der Waals surface area contributed by atoms with E-state index in [2.05, 4.69) is 14.7 Å². The number of aromatic amines is 1. The molecule has 0 fully saturated rings. The number of hydrogen-bond acceptors (Lipinski definition) is 3. The molecule has 0 aliphatic heterocycles. The summed E-state index contributed by atoms with van der Waals surface area (Å²) in [5.41, 5.74) is 2.44. The van der Waals surface area contributed by atoms with E-state index < -0.39 is 0 Å². The third kappa shape index (κ3) is 3.63. The molecule has 0 bridgehead atoms. The average Bonchev–Trinajstić information content (AvgIpc) is 3.17. The van der Waals surface area contributed by atoms with Crippen molar-refractivity contribution in [2.45, 2.75) is 4.90 Å². The Morgan fingerprint density at radius 3 is 2.35 bits per heavy atom. The van der Waals surface area contributed by atoms with Gasteiger partial charge in [0.05, 0.1) is 11.8 Å². The molecule has 0 saturated heterocycles. The zero-order valence-corrected chi connectivity index (χ0v) is 14.6. The summed E-state index contributed by atoms with van der Waals surface area (Å²) in [6.07, 6.45) is 1.67. The van der Waals surface area contributed by atoms with Crippen molar-refractivity contribution < 1.29 is 4.39 Å². The molecule has 4 rings (SSSR count). The Bertz CT molecular complexity index is 1000. The van der Waals surface area contributed by atoms with Crippen LogP contribution in [-0.2, 0) is 0 Å². The normalized spacial score (nSPS) is 10.7. The minimum Gasteiger partial charge on any atom is -0.324 e. The Labute approximate surface area is 155 Å². The van der Waals surface area contributed by atoms with Crippen molar-refractivity contribution in [3.05, 3.63) is 90.9 Å². The fourth-order valence-electron chi connectivity index (χ4n) is 2.63. The monoisotopic (exact) mass is 361 g/mol. The van der Waals surface area contributed by atoms with Crippen molar-refractivity contribution in [1.82, 2.24) is 9.97 Å². The minimum absolute atomic E-state index is 0.304. The van der Waals surface area contributed by atoms with Crippen LogP contribution in [0, 0.1) is 5.82 Å². The van der Waals surface area contributed by atoms with Crippen LogP contribution in [0.3, 0.4) is 0 Å². The Hall–Kier alpha value is -3.05. The lowest BCUT2D eigenvalue weighted by Crippen LogP contribution is -1.90. The molecule has 1 heterocycles. The number of H-pyrrole nitrogens is 1. The first-order valence-corrected chi connectivity index (χ1v) is 8.99. The van der Waals surface area contributed by atoms with Crippen LogP contribution in [0.25, 0.3) is 22.5 Å². The first-order chi connectivity index (χ1) is 12.8. The highest BCUT2D eigenvalue weighted by molar-refractivity contribution is 8.00. The quantitative estimate of drug-likeness (QED) is 0.428. The summed E-state index contributed by atoms with van der Waals surface area (Å²) in [7, 11) is 0. The molecule has 2 N–H and O–H groups in total. The lowest BCUT2D eigenvalue weighted by Gasteiger charge is -2.06. The Morgan fingerprint density at radius 1 is 0.846 bits per heavy atom. The molecule has 0 aliphatic carbocycles. The van der Waals surface area contributed by atoms with Gasteiger partial charge in [0.2, 0.25) is 0 Å². The fourth-order valence-corrected chi connectivity index (χ4v) is 3.25. The molecule has 0 aliphatic rings. The van der Waals surface area contributed by atoms with Crippen molar-refractivity contribution in [3.8, 4) is 22.5 Å². The van der Waals surface area contributed by atoms with Gasteiger partial charge in [-0.1, -0.05) is 54.6 Å². The van der Waals surface area contributed by atoms with Crippen molar-refractivity contribution >= 4 is 17.8 Å². The summed E-state index contributed by atoms with van der Waals surface area (Å²) >= 11 is 1.47. The number of hydrogen-bond donors (Lipinski definition) is 2. The van der Waals surface area contributed by atoms with Crippen molar-refractivity contribution in [3.63, 3.8) is 0 Å². The Kier molecular flexibility index (Phi) is 4.71. The van der Waals surface area contributed by atoms with E-state index in [-0.39, 0.29) is 5.82 Å². The molecule has 3 nitrogen and oxygen atoms in total. The topological polar surface area (TPSA) is 40.7 Å². The van der Waals surface area contributed by atoms with E-state index >= 15 is 0 Å². The maximum atomic E-state index is 14.3. The molecule has 0 spiro atoms. The average molecular weight is 361 g/mol. The zero-order chi connectivity index (χ0) is 17.8. The lowest BCUT2D eigenvalue weighted by atomic mass is 10.0. The number of benzene rings is 3. The highest BCUT2D eigenvalue weighted by Crippen LogP contribution is 2.28. The van der Waals surface area contributed by atoms with Gasteiger partial charge in [0.1, 0.15) is 17.5 Å². The summed E-state index contributed by atoms with van der Waals surface area (Å²) in [4.78, 5) is 8.54. The van der Waals surface area contributed by atoms with Gasteiger partial charge in [0, 0.05) is 4.90 Å². The Balaban J connectivity index is 1.57. The highest BCUT2D eigenvalue weighted by Gasteiger charge is 2.11. The lowest BCUT2D eigenvalue weighted by molar-refractivity contribution is 0.630. The predicted molar refractivity (Wildman–Crippen MR) is 105 cm³/mol. The van der Waals surface area contributed by atoms with Crippen LogP contribution in [0.15, 0.2) is 90.0 Å². The minimum atomic E-state index is -0.304. The van der Waals surface area contributed by atoms with Gasteiger partial charge in [0.15, 0.2) is 0 Å². The van der Waals surface area contributed by atoms with E-state index in [1.165, 1.54) is 18.0 Å². The molecule has 0 atom stereocenters. The van der Waals surface area contributed by atoms with Gasteiger partial charge in [0.25, 0.3) is 0 Å². The Morgan fingerprint density at radius 2 is 1.58 bits per heavy atom. The summed E-state index contributed by atoms with van der Waals surface area (Å²) in [6, 6.07) is 24.9. The first kappa shape index (κ1) is 16.4. The first-order valence-electron chi connectivity index (χ1n) is 8.18. The van der Waals surface area contributed by atoms with Crippen LogP contribution in [0.1, 0.15) is 0 Å². The van der Waals surface area contributed by atoms with Crippen molar-refractivity contribution in [1.29, 1.82) is 0 Å². The summed E-state index contributed by atoms with van der Waals surface area (Å²) in [5.74, 6) is 0.913. The van der Waals surface area contributed by atoms with Crippen LogP contribution in [-0.4, -0.2) is 9.97 Å². The van der Waals surface area contributed by atoms with Gasteiger partial charge >= 0.3 is 0 Å². The van der Waals surface area contributed by atoms with Gasteiger partial charge < -0.3 is 9.71 Å². The number of anilines is 1. The van der Waals surface area contributed by atoms with Crippen LogP contribution in [0.2, 0.25) is 0 Å². The second kappa shape index (κ2) is 7.45. The summed E-state index contributed by atoms with van der Waals surface area (Å²) in [6.45, 7) is 0. The number of rotatable bonds is 5. The largest absolute Gasteiger partial charge is 0.324 e. The van der Waals surface area contributed by atoms with Gasteiger partial charge in [-0.05, 0) is 47.3 Å². The van der Waals surface area contributed by atoms with Crippen LogP contribution in [0.5, 0.6) is 0 Å². The number of nitrogens with zero attached hydrogens (tertiary/aromatic N) is 1. The molecular weight excluding hydrogens is 345 g/mol. The number of aromatic nitrogens is 2. The maximum absolute atomic E-state index is 14.3. The molecule has 0 amide bonds. The number of imidazole rings is 1. The second-order valence-electron chi connectivity index (χ2n) is 5.72. The molecule has 4 aromatic rings. The zero-order valence-electron chi connectivity index (χ0n) is 13.8. The molecule has 26 heavy (non-hydrogen) atoms. The van der Waals surface area contributed by atoms with Crippen molar-refractivity contribution in [2.75, 3.05) is 4.72 Å². The number of nitrogens with one attached hydrogen (secondary N) is 2. The van der Waals surface area contributed by atoms with Gasteiger partial charge in [-0.15, -0.1) is 0 Å². The van der Waals surface area contributed by atoms with E-state index in [4.69, 9.17) is 0 Å². The molecule has 0 saturated carbocycles. The van der Waals surface area contributed by atoms with Crippen molar-refractivity contribution in [2.24, 2.45) is 0 Å². The van der Waals surface area contributed by atoms with E-state index in [0.717, 1.165) is 21.8 Å². The van der Waals surface area contributed by atoms with E-state index in [1.54, 1.807) is 12.3 Å². The van der Waals surface area contributed by atoms with Gasteiger partial charge in [-0.25, -0.2) is 9.37 Å². The fraction of sp³-hybridized carbons (Fsp3) is 0. The third-order valence-corrected chi connectivity index (χ3v) is 4.76. The summed E-state index contributed by atoms with van der Waals surface area (Å²) in [5, 5.41) is 0. The summed E-state index contributed by atoms with van der Waals surface area (Å²) < 4.78 is 17.5. The van der Waals surface area contributed by atoms with E-state index in [0.29, 0.717) is 11.4 Å². The van der Waals surface area contributed by atoms with Gasteiger partial charge in [-0.3, -0.25) is 0 Å². The molecule has 3 aromatic carbocycles. The van der Waals surface area contributed by atoms with Crippen LogP contribution >= 0.6 is 11.9 Å². The third-order valence-electron chi connectivity index (χ3n) is 3.93. The standard InChI is InChI=1S/C21H16FN3S/c22-19-12-11-16(15-7-3-1-4-8-15)13-18(19)21-23-14-20(24-21)25-26-17-9-5-2-6-10-17/h1-14,25H,(H,23,24). The number of halogens is 1.